The van der Waals surface area contributed by atoms with E-state index in [2.05, 4.69) is 49.4 Å². The van der Waals surface area contributed by atoms with Gasteiger partial charge in [-0.2, -0.15) is 0 Å². The molecule has 0 N–H and O–H groups in total. The fourth-order valence-electron chi connectivity index (χ4n) is 3.31. The molecule has 0 saturated carbocycles. The molecule has 0 fully saturated rings. The summed E-state index contributed by atoms with van der Waals surface area (Å²) in [6, 6.07) is 25.1. The van der Waals surface area contributed by atoms with Gasteiger partial charge in [0.1, 0.15) is 5.52 Å². The second kappa shape index (κ2) is 4.93. The molecular formula is C22H15NO. The quantitative estimate of drug-likeness (QED) is 0.349. The smallest absolute Gasteiger partial charge is 0.227 e. The summed E-state index contributed by atoms with van der Waals surface area (Å²) in [5.41, 5.74) is 4.00. The van der Waals surface area contributed by atoms with Crippen molar-refractivity contribution in [2.75, 3.05) is 0 Å². The Balaban J connectivity index is 1.81. The summed E-state index contributed by atoms with van der Waals surface area (Å²) in [6.45, 7) is 2.12. The Labute approximate surface area is 139 Å². The van der Waals surface area contributed by atoms with Crippen molar-refractivity contribution in [2.24, 2.45) is 0 Å². The minimum absolute atomic E-state index is 0.668. The normalized spacial score (nSPS) is 11.5. The monoisotopic (exact) mass is 309 g/mol. The van der Waals surface area contributed by atoms with Gasteiger partial charge in [-0.1, -0.05) is 54.1 Å². The number of hydrogen-bond donors (Lipinski definition) is 0. The zero-order valence-corrected chi connectivity index (χ0v) is 13.3. The Hall–Kier alpha value is -3.13. The van der Waals surface area contributed by atoms with E-state index in [4.69, 9.17) is 9.40 Å². The van der Waals surface area contributed by atoms with Crippen molar-refractivity contribution in [3.63, 3.8) is 0 Å². The van der Waals surface area contributed by atoms with E-state index in [1.165, 1.54) is 27.1 Å². The van der Waals surface area contributed by atoms with Crippen LogP contribution in [0, 0.1) is 6.92 Å². The first-order chi connectivity index (χ1) is 11.8. The van der Waals surface area contributed by atoms with Gasteiger partial charge >= 0.3 is 0 Å². The standard InChI is InChI=1S/C22H15NO/c1-14-7-10-18-16(11-14)8-9-17-12-21-20(13-19(17)18)23-22(24-21)15-5-3-2-4-6-15/h2-13H,1H3. The third kappa shape index (κ3) is 2.00. The summed E-state index contributed by atoms with van der Waals surface area (Å²) < 4.78 is 5.98. The molecule has 0 aliphatic rings. The molecule has 0 amide bonds. The maximum absolute atomic E-state index is 5.98. The molecule has 0 unspecified atom stereocenters. The van der Waals surface area contributed by atoms with Crippen molar-refractivity contribution in [2.45, 2.75) is 6.92 Å². The first-order valence-electron chi connectivity index (χ1n) is 8.07. The highest BCUT2D eigenvalue weighted by Crippen LogP contribution is 2.32. The molecule has 2 nitrogen and oxygen atoms in total. The molecule has 1 aromatic heterocycles. The van der Waals surface area contributed by atoms with Crippen LogP contribution in [-0.4, -0.2) is 4.98 Å². The van der Waals surface area contributed by atoms with E-state index in [0.717, 1.165) is 16.7 Å². The van der Waals surface area contributed by atoms with Crippen LogP contribution in [0.15, 0.2) is 77.2 Å². The number of aryl methyl sites for hydroxylation is 1. The Bertz CT molecular complexity index is 1200. The average molecular weight is 309 g/mol. The van der Waals surface area contributed by atoms with Gasteiger partial charge < -0.3 is 4.42 Å². The molecule has 5 aromatic rings. The largest absolute Gasteiger partial charge is 0.436 e. The number of nitrogens with zero attached hydrogens (tertiary/aromatic N) is 1. The Morgan fingerprint density at radius 3 is 2.38 bits per heavy atom. The van der Waals surface area contributed by atoms with E-state index in [-0.39, 0.29) is 0 Å². The second-order valence-electron chi connectivity index (χ2n) is 6.22. The minimum atomic E-state index is 0.668. The van der Waals surface area contributed by atoms with E-state index in [0.29, 0.717) is 5.89 Å². The van der Waals surface area contributed by atoms with Crippen molar-refractivity contribution in [1.29, 1.82) is 0 Å². The highest BCUT2D eigenvalue weighted by Gasteiger charge is 2.10. The highest BCUT2D eigenvalue weighted by atomic mass is 16.3. The van der Waals surface area contributed by atoms with Gasteiger partial charge in [0, 0.05) is 5.56 Å². The Morgan fingerprint density at radius 2 is 1.54 bits per heavy atom. The minimum Gasteiger partial charge on any atom is -0.436 e. The van der Waals surface area contributed by atoms with Crippen molar-refractivity contribution < 1.29 is 4.42 Å². The predicted octanol–water partition coefficient (Wildman–Crippen LogP) is 6.11. The van der Waals surface area contributed by atoms with Gasteiger partial charge in [-0.05, 0) is 52.7 Å². The van der Waals surface area contributed by atoms with Crippen LogP contribution in [0.25, 0.3) is 44.1 Å². The molecule has 0 aliphatic carbocycles. The molecule has 0 atom stereocenters. The molecule has 2 heteroatoms. The van der Waals surface area contributed by atoms with E-state index in [9.17, 15) is 0 Å². The van der Waals surface area contributed by atoms with Gasteiger partial charge in [0.15, 0.2) is 5.58 Å². The number of fused-ring (bicyclic) bond motifs is 4. The van der Waals surface area contributed by atoms with Crippen LogP contribution in [0.3, 0.4) is 0 Å². The first kappa shape index (κ1) is 13.3. The Morgan fingerprint density at radius 1 is 0.750 bits per heavy atom. The number of aromatic nitrogens is 1. The first-order valence-corrected chi connectivity index (χ1v) is 8.07. The van der Waals surface area contributed by atoms with E-state index in [1.54, 1.807) is 0 Å². The lowest BCUT2D eigenvalue weighted by molar-refractivity contribution is 0.620. The SMILES string of the molecule is Cc1ccc2c(ccc3cc4oc(-c5ccccc5)nc4cc32)c1. The number of rotatable bonds is 1. The fourth-order valence-corrected chi connectivity index (χ4v) is 3.31. The number of hydrogen-bond acceptors (Lipinski definition) is 2. The maximum atomic E-state index is 5.98. The number of oxazole rings is 1. The van der Waals surface area contributed by atoms with Crippen molar-refractivity contribution in [3.8, 4) is 11.5 Å². The summed E-state index contributed by atoms with van der Waals surface area (Å²) in [5, 5.41) is 4.90. The van der Waals surface area contributed by atoms with Crippen LogP contribution in [0.1, 0.15) is 5.56 Å². The molecule has 114 valence electrons. The van der Waals surface area contributed by atoms with Gasteiger partial charge in [0.25, 0.3) is 0 Å². The summed E-state index contributed by atoms with van der Waals surface area (Å²) in [4.78, 5) is 4.69. The van der Waals surface area contributed by atoms with Crippen LogP contribution in [0.4, 0.5) is 0 Å². The molecular weight excluding hydrogens is 294 g/mol. The summed E-state index contributed by atoms with van der Waals surface area (Å²) >= 11 is 0. The summed E-state index contributed by atoms with van der Waals surface area (Å²) in [5.74, 6) is 0.668. The lowest BCUT2D eigenvalue weighted by atomic mass is 10.0. The second-order valence-corrected chi connectivity index (χ2v) is 6.22. The van der Waals surface area contributed by atoms with Gasteiger partial charge in [-0.15, -0.1) is 0 Å². The number of benzene rings is 4. The average Bonchev–Trinajstić information content (AvgIpc) is 3.03. The van der Waals surface area contributed by atoms with Crippen LogP contribution < -0.4 is 0 Å². The fraction of sp³-hybridized carbons (Fsp3) is 0.0455. The maximum Gasteiger partial charge on any atom is 0.227 e. The lowest BCUT2D eigenvalue weighted by Crippen LogP contribution is -1.80. The van der Waals surface area contributed by atoms with Crippen LogP contribution in [0.5, 0.6) is 0 Å². The summed E-state index contributed by atoms with van der Waals surface area (Å²) in [7, 11) is 0. The van der Waals surface area contributed by atoms with E-state index < -0.39 is 0 Å². The third-order valence-electron chi connectivity index (χ3n) is 4.52. The molecule has 0 radical (unpaired) electrons. The Kier molecular flexibility index (Phi) is 2.74. The van der Waals surface area contributed by atoms with Gasteiger partial charge in [-0.3, -0.25) is 0 Å². The van der Waals surface area contributed by atoms with Gasteiger partial charge in [0.05, 0.1) is 0 Å². The van der Waals surface area contributed by atoms with Crippen LogP contribution in [-0.2, 0) is 0 Å². The third-order valence-corrected chi connectivity index (χ3v) is 4.52. The van der Waals surface area contributed by atoms with Crippen LogP contribution in [0.2, 0.25) is 0 Å². The zero-order valence-electron chi connectivity index (χ0n) is 13.3. The molecule has 0 saturated heterocycles. The van der Waals surface area contributed by atoms with Gasteiger partial charge in [0.2, 0.25) is 5.89 Å². The van der Waals surface area contributed by atoms with Crippen LogP contribution >= 0.6 is 0 Å². The van der Waals surface area contributed by atoms with Crippen molar-refractivity contribution in [1.82, 2.24) is 4.98 Å². The lowest BCUT2D eigenvalue weighted by Gasteiger charge is -2.04. The zero-order chi connectivity index (χ0) is 16.1. The topological polar surface area (TPSA) is 26.0 Å². The van der Waals surface area contributed by atoms with E-state index in [1.807, 2.05) is 30.3 Å². The molecule has 24 heavy (non-hydrogen) atoms. The molecule has 5 rings (SSSR count). The highest BCUT2D eigenvalue weighted by molar-refractivity contribution is 6.11. The molecule has 0 aliphatic heterocycles. The molecule has 0 spiro atoms. The summed E-state index contributed by atoms with van der Waals surface area (Å²) in [6.07, 6.45) is 0. The molecule has 4 aromatic carbocycles. The van der Waals surface area contributed by atoms with E-state index >= 15 is 0 Å². The van der Waals surface area contributed by atoms with Crippen molar-refractivity contribution in [3.05, 3.63) is 78.4 Å². The van der Waals surface area contributed by atoms with Crippen molar-refractivity contribution >= 4 is 32.6 Å². The molecule has 1 heterocycles. The predicted molar refractivity (Wildman–Crippen MR) is 99.2 cm³/mol. The molecule has 0 bridgehead atoms. The van der Waals surface area contributed by atoms with Gasteiger partial charge in [-0.25, -0.2) is 4.98 Å².